The van der Waals surface area contributed by atoms with Gasteiger partial charge in [0.05, 0.1) is 5.69 Å². The molecule has 0 bridgehead atoms. The molecule has 17 heavy (non-hydrogen) atoms. The minimum Gasteiger partial charge on any atom is -0.370 e. The molecule has 2 aromatic rings. The SMILES string of the molecule is CCNc1cccc(CSc2nnc(C)s2)n1. The first kappa shape index (κ1) is 12.3. The number of aromatic nitrogens is 3. The maximum Gasteiger partial charge on any atom is 0.174 e. The van der Waals surface area contributed by atoms with E-state index in [-0.39, 0.29) is 0 Å². The van der Waals surface area contributed by atoms with E-state index in [1.165, 1.54) is 0 Å². The molecule has 2 heterocycles. The Morgan fingerprint density at radius 1 is 1.35 bits per heavy atom. The topological polar surface area (TPSA) is 50.7 Å². The average molecular weight is 266 g/mol. The minimum absolute atomic E-state index is 0.827. The van der Waals surface area contributed by atoms with Crippen molar-refractivity contribution in [3.05, 3.63) is 28.9 Å². The number of hydrogen-bond donors (Lipinski definition) is 1. The van der Waals surface area contributed by atoms with Crippen molar-refractivity contribution in [3.63, 3.8) is 0 Å². The number of pyridine rings is 1. The van der Waals surface area contributed by atoms with E-state index in [2.05, 4.69) is 27.4 Å². The van der Waals surface area contributed by atoms with Crippen LogP contribution in [-0.2, 0) is 5.75 Å². The van der Waals surface area contributed by atoms with Gasteiger partial charge in [0.15, 0.2) is 4.34 Å². The van der Waals surface area contributed by atoms with Crippen molar-refractivity contribution in [2.75, 3.05) is 11.9 Å². The predicted octanol–water partition coefficient (Wildman–Crippen LogP) is 2.97. The second-order valence-corrected chi connectivity index (χ2v) is 5.82. The van der Waals surface area contributed by atoms with E-state index < -0.39 is 0 Å². The standard InChI is InChI=1S/C11H14N4S2/c1-3-12-10-6-4-5-9(13-10)7-16-11-15-14-8(2)17-11/h4-6H,3,7H2,1-2H3,(H,12,13). The van der Waals surface area contributed by atoms with Gasteiger partial charge in [-0.3, -0.25) is 0 Å². The van der Waals surface area contributed by atoms with E-state index in [0.717, 1.165) is 33.2 Å². The third-order valence-corrected chi connectivity index (χ3v) is 4.02. The van der Waals surface area contributed by atoms with Crippen LogP contribution in [0.3, 0.4) is 0 Å². The zero-order valence-electron chi connectivity index (χ0n) is 9.80. The monoisotopic (exact) mass is 266 g/mol. The van der Waals surface area contributed by atoms with E-state index in [0.29, 0.717) is 0 Å². The summed E-state index contributed by atoms with van der Waals surface area (Å²) < 4.78 is 0.998. The number of hydrogen-bond acceptors (Lipinski definition) is 6. The van der Waals surface area contributed by atoms with E-state index in [1.807, 2.05) is 25.1 Å². The first-order valence-electron chi connectivity index (χ1n) is 5.40. The lowest BCUT2D eigenvalue weighted by Crippen LogP contribution is -2.00. The first-order valence-corrected chi connectivity index (χ1v) is 7.21. The van der Waals surface area contributed by atoms with E-state index in [4.69, 9.17) is 0 Å². The Hall–Kier alpha value is -1.14. The molecule has 0 fully saturated rings. The van der Waals surface area contributed by atoms with Crippen molar-refractivity contribution < 1.29 is 0 Å². The van der Waals surface area contributed by atoms with Gasteiger partial charge in [0.1, 0.15) is 10.8 Å². The van der Waals surface area contributed by atoms with Crippen LogP contribution >= 0.6 is 23.1 Å². The molecule has 4 nitrogen and oxygen atoms in total. The summed E-state index contributed by atoms with van der Waals surface area (Å²) in [5.41, 5.74) is 1.06. The summed E-state index contributed by atoms with van der Waals surface area (Å²) in [6.45, 7) is 4.91. The van der Waals surface area contributed by atoms with Gasteiger partial charge in [-0.1, -0.05) is 29.2 Å². The van der Waals surface area contributed by atoms with Crippen LogP contribution in [0.2, 0.25) is 0 Å². The van der Waals surface area contributed by atoms with Crippen molar-refractivity contribution in [1.82, 2.24) is 15.2 Å². The highest BCUT2D eigenvalue weighted by Crippen LogP contribution is 2.25. The summed E-state index contributed by atoms with van der Waals surface area (Å²) >= 11 is 3.29. The van der Waals surface area contributed by atoms with Crippen LogP contribution in [0.1, 0.15) is 17.6 Å². The smallest absolute Gasteiger partial charge is 0.174 e. The molecule has 0 saturated heterocycles. The minimum atomic E-state index is 0.827. The summed E-state index contributed by atoms with van der Waals surface area (Å²) in [7, 11) is 0. The number of thioether (sulfide) groups is 1. The molecule has 2 rings (SSSR count). The first-order chi connectivity index (χ1) is 8.28. The third-order valence-electron chi connectivity index (χ3n) is 2.02. The largest absolute Gasteiger partial charge is 0.370 e. The lowest BCUT2D eigenvalue weighted by Gasteiger charge is -2.04. The molecule has 0 saturated carbocycles. The van der Waals surface area contributed by atoms with Crippen molar-refractivity contribution in [1.29, 1.82) is 0 Å². The van der Waals surface area contributed by atoms with Gasteiger partial charge < -0.3 is 5.32 Å². The Morgan fingerprint density at radius 3 is 2.94 bits per heavy atom. The fourth-order valence-corrected chi connectivity index (χ4v) is 3.03. The molecule has 0 aliphatic rings. The fourth-order valence-electron chi connectivity index (χ4n) is 1.31. The van der Waals surface area contributed by atoms with Crippen molar-refractivity contribution in [3.8, 4) is 0 Å². The van der Waals surface area contributed by atoms with Gasteiger partial charge in [0.25, 0.3) is 0 Å². The summed E-state index contributed by atoms with van der Waals surface area (Å²) in [6.07, 6.45) is 0. The predicted molar refractivity (Wildman–Crippen MR) is 72.6 cm³/mol. The highest BCUT2D eigenvalue weighted by Gasteiger charge is 2.03. The Bertz CT molecular complexity index is 484. The van der Waals surface area contributed by atoms with Crippen LogP contribution in [-0.4, -0.2) is 21.7 Å². The molecule has 0 radical (unpaired) electrons. The van der Waals surface area contributed by atoms with Crippen LogP contribution in [0.4, 0.5) is 5.82 Å². The highest BCUT2D eigenvalue weighted by atomic mass is 32.2. The molecule has 1 N–H and O–H groups in total. The Labute approximate surface area is 109 Å². The van der Waals surface area contributed by atoms with Crippen LogP contribution in [0, 0.1) is 6.92 Å². The fraction of sp³-hybridized carbons (Fsp3) is 0.364. The molecular weight excluding hydrogens is 252 g/mol. The van der Waals surface area contributed by atoms with Gasteiger partial charge in [0.2, 0.25) is 0 Å². The van der Waals surface area contributed by atoms with Crippen LogP contribution in [0.15, 0.2) is 22.5 Å². The van der Waals surface area contributed by atoms with Crippen LogP contribution in [0.5, 0.6) is 0 Å². The third kappa shape index (κ3) is 3.67. The summed E-state index contributed by atoms with van der Waals surface area (Å²) in [6, 6.07) is 6.03. The van der Waals surface area contributed by atoms with E-state index in [9.17, 15) is 0 Å². The second-order valence-electron chi connectivity index (χ2n) is 3.42. The Morgan fingerprint density at radius 2 is 2.24 bits per heavy atom. The van der Waals surface area contributed by atoms with Gasteiger partial charge in [-0.2, -0.15) is 0 Å². The van der Waals surface area contributed by atoms with Crippen LogP contribution in [0.25, 0.3) is 0 Å². The zero-order valence-corrected chi connectivity index (χ0v) is 11.4. The van der Waals surface area contributed by atoms with E-state index >= 15 is 0 Å². The van der Waals surface area contributed by atoms with Gasteiger partial charge in [0, 0.05) is 12.3 Å². The number of nitrogens with one attached hydrogen (secondary N) is 1. The number of aryl methyl sites for hydroxylation is 1. The molecule has 0 atom stereocenters. The molecule has 0 aromatic carbocycles. The maximum atomic E-state index is 4.51. The molecule has 0 spiro atoms. The second kappa shape index (κ2) is 5.97. The number of rotatable bonds is 5. The molecule has 2 aromatic heterocycles. The van der Waals surface area contributed by atoms with E-state index in [1.54, 1.807) is 23.1 Å². The van der Waals surface area contributed by atoms with Crippen molar-refractivity contribution in [2.24, 2.45) is 0 Å². The molecule has 6 heteroatoms. The molecule has 90 valence electrons. The quantitative estimate of drug-likeness (QED) is 0.843. The molecule has 0 aliphatic heterocycles. The number of nitrogens with zero attached hydrogens (tertiary/aromatic N) is 3. The molecule has 0 unspecified atom stereocenters. The Kier molecular flexibility index (Phi) is 4.33. The molecule has 0 aliphatic carbocycles. The lowest BCUT2D eigenvalue weighted by molar-refractivity contribution is 0.982. The lowest BCUT2D eigenvalue weighted by atomic mass is 10.4. The Balaban J connectivity index is 1.96. The molecular formula is C11H14N4S2. The van der Waals surface area contributed by atoms with Crippen molar-refractivity contribution >= 4 is 28.9 Å². The van der Waals surface area contributed by atoms with Gasteiger partial charge in [-0.05, 0) is 26.0 Å². The maximum absolute atomic E-state index is 4.51. The summed E-state index contributed by atoms with van der Waals surface area (Å²) in [5.74, 6) is 1.76. The van der Waals surface area contributed by atoms with Crippen molar-refractivity contribution in [2.45, 2.75) is 23.9 Å². The summed E-state index contributed by atoms with van der Waals surface area (Å²) in [5, 5.41) is 12.3. The summed E-state index contributed by atoms with van der Waals surface area (Å²) in [4.78, 5) is 4.51. The van der Waals surface area contributed by atoms with Gasteiger partial charge in [-0.15, -0.1) is 10.2 Å². The normalized spacial score (nSPS) is 10.5. The molecule has 0 amide bonds. The van der Waals surface area contributed by atoms with Crippen LogP contribution < -0.4 is 5.32 Å². The zero-order chi connectivity index (χ0) is 12.1. The average Bonchev–Trinajstić information content (AvgIpc) is 2.74. The number of anilines is 1. The van der Waals surface area contributed by atoms with Gasteiger partial charge >= 0.3 is 0 Å². The highest BCUT2D eigenvalue weighted by molar-refractivity contribution is 8.00. The van der Waals surface area contributed by atoms with Gasteiger partial charge in [-0.25, -0.2) is 4.98 Å².